The van der Waals surface area contributed by atoms with Gasteiger partial charge in [0, 0.05) is 18.3 Å². The Kier molecular flexibility index (Phi) is 5.97. The van der Waals surface area contributed by atoms with E-state index in [9.17, 15) is 5.11 Å². The van der Waals surface area contributed by atoms with Crippen molar-refractivity contribution in [3.05, 3.63) is 87.9 Å². The molecule has 140 valence electrons. The lowest BCUT2D eigenvalue weighted by Crippen LogP contribution is -2.35. The van der Waals surface area contributed by atoms with Gasteiger partial charge in [-0.1, -0.05) is 60.7 Å². The first-order valence-electron chi connectivity index (χ1n) is 9.70. The second-order valence-corrected chi connectivity index (χ2v) is 8.31. The molecule has 27 heavy (non-hydrogen) atoms. The van der Waals surface area contributed by atoms with Crippen LogP contribution in [0.2, 0.25) is 0 Å². The molecule has 1 saturated heterocycles. The zero-order chi connectivity index (χ0) is 18.5. The van der Waals surface area contributed by atoms with Gasteiger partial charge in [0.2, 0.25) is 0 Å². The lowest BCUT2D eigenvalue weighted by atomic mass is 9.87. The van der Waals surface area contributed by atoms with E-state index < -0.39 is 0 Å². The van der Waals surface area contributed by atoms with Crippen molar-refractivity contribution >= 4 is 11.3 Å². The standard InChI is InChI=1S/C23H26N2OS/c26-23(19-9-5-2-6-10-19)20-11-13-25(14-12-20)16-21-17-27-22(24-21)15-18-7-3-1-4-8-18/h1-10,17,20,23,26H,11-16H2. The number of rotatable bonds is 6. The van der Waals surface area contributed by atoms with E-state index >= 15 is 0 Å². The van der Waals surface area contributed by atoms with Crippen LogP contribution in [0.3, 0.4) is 0 Å². The molecule has 2 heterocycles. The summed E-state index contributed by atoms with van der Waals surface area (Å²) in [7, 11) is 0. The highest BCUT2D eigenvalue weighted by Gasteiger charge is 2.26. The lowest BCUT2D eigenvalue weighted by molar-refractivity contribution is 0.0565. The normalized spacial score (nSPS) is 17.1. The number of nitrogens with zero attached hydrogens (tertiary/aromatic N) is 2. The maximum absolute atomic E-state index is 10.6. The number of hydrogen-bond acceptors (Lipinski definition) is 4. The molecule has 0 bridgehead atoms. The number of likely N-dealkylation sites (tertiary alicyclic amines) is 1. The smallest absolute Gasteiger partial charge is 0.0972 e. The van der Waals surface area contributed by atoms with Crippen LogP contribution in [0.15, 0.2) is 66.0 Å². The fraction of sp³-hybridized carbons (Fsp3) is 0.348. The summed E-state index contributed by atoms with van der Waals surface area (Å²) < 4.78 is 0. The van der Waals surface area contributed by atoms with Crippen molar-refractivity contribution in [1.29, 1.82) is 0 Å². The monoisotopic (exact) mass is 378 g/mol. The maximum Gasteiger partial charge on any atom is 0.0972 e. The molecule has 3 nitrogen and oxygen atoms in total. The molecule has 0 radical (unpaired) electrons. The number of hydrogen-bond donors (Lipinski definition) is 1. The molecule has 4 rings (SSSR count). The zero-order valence-electron chi connectivity index (χ0n) is 15.5. The number of aliphatic hydroxyl groups is 1. The number of benzene rings is 2. The largest absolute Gasteiger partial charge is 0.388 e. The van der Waals surface area contributed by atoms with Crippen molar-refractivity contribution in [3.8, 4) is 0 Å². The van der Waals surface area contributed by atoms with Crippen LogP contribution < -0.4 is 0 Å². The summed E-state index contributed by atoms with van der Waals surface area (Å²) in [6, 6.07) is 20.6. The molecule has 1 aliphatic rings. The summed E-state index contributed by atoms with van der Waals surface area (Å²) >= 11 is 1.76. The van der Waals surface area contributed by atoms with Gasteiger partial charge in [-0.25, -0.2) is 4.98 Å². The first-order chi connectivity index (χ1) is 13.3. The first-order valence-corrected chi connectivity index (χ1v) is 10.6. The summed E-state index contributed by atoms with van der Waals surface area (Å²) in [6.07, 6.45) is 2.65. The number of piperidine rings is 1. The highest BCUT2D eigenvalue weighted by molar-refractivity contribution is 7.09. The Hall–Kier alpha value is -2.01. The molecule has 1 aliphatic heterocycles. The summed E-state index contributed by atoms with van der Waals surface area (Å²) in [6.45, 7) is 2.97. The highest BCUT2D eigenvalue weighted by Crippen LogP contribution is 2.31. The Morgan fingerprint density at radius 3 is 2.37 bits per heavy atom. The van der Waals surface area contributed by atoms with Crippen molar-refractivity contribution in [1.82, 2.24) is 9.88 Å². The number of aliphatic hydroxyl groups excluding tert-OH is 1. The van der Waals surface area contributed by atoms with Crippen LogP contribution in [0.1, 0.15) is 40.8 Å². The Bertz CT molecular complexity index is 826. The zero-order valence-corrected chi connectivity index (χ0v) is 16.3. The second kappa shape index (κ2) is 8.79. The molecule has 1 unspecified atom stereocenters. The minimum Gasteiger partial charge on any atom is -0.388 e. The van der Waals surface area contributed by atoms with Gasteiger partial charge in [-0.15, -0.1) is 11.3 Å². The predicted octanol–water partition coefficient (Wildman–Crippen LogP) is 4.68. The molecule has 3 aromatic rings. The molecule has 0 saturated carbocycles. The molecule has 2 aromatic carbocycles. The molecule has 0 amide bonds. The van der Waals surface area contributed by atoms with Crippen LogP contribution in [0.4, 0.5) is 0 Å². The molecule has 1 N–H and O–H groups in total. The summed E-state index contributed by atoms with van der Waals surface area (Å²) in [5.41, 5.74) is 3.53. The van der Waals surface area contributed by atoms with Crippen molar-refractivity contribution in [3.63, 3.8) is 0 Å². The van der Waals surface area contributed by atoms with E-state index in [2.05, 4.69) is 40.6 Å². The van der Waals surface area contributed by atoms with Crippen LogP contribution >= 0.6 is 11.3 Å². The van der Waals surface area contributed by atoms with Gasteiger partial charge in [-0.3, -0.25) is 4.90 Å². The van der Waals surface area contributed by atoms with Gasteiger partial charge >= 0.3 is 0 Å². The second-order valence-electron chi connectivity index (χ2n) is 7.36. The summed E-state index contributed by atoms with van der Waals surface area (Å²) in [4.78, 5) is 7.30. The SMILES string of the molecule is OC(c1ccccc1)C1CCN(Cc2csc(Cc3ccccc3)n2)CC1. The van der Waals surface area contributed by atoms with Crippen molar-refractivity contribution in [2.45, 2.75) is 31.9 Å². The van der Waals surface area contributed by atoms with Crippen LogP contribution in [-0.4, -0.2) is 28.1 Å². The third kappa shape index (κ3) is 4.83. The Morgan fingerprint density at radius 2 is 1.67 bits per heavy atom. The van der Waals surface area contributed by atoms with Crippen LogP contribution in [0.5, 0.6) is 0 Å². The fourth-order valence-electron chi connectivity index (χ4n) is 3.85. The molecular formula is C23H26N2OS. The van der Waals surface area contributed by atoms with Crippen molar-refractivity contribution in [2.75, 3.05) is 13.1 Å². The van der Waals surface area contributed by atoms with Gasteiger partial charge in [0.25, 0.3) is 0 Å². The number of thiazole rings is 1. The fourth-order valence-corrected chi connectivity index (χ4v) is 4.67. The Balaban J connectivity index is 1.28. The predicted molar refractivity (Wildman–Crippen MR) is 111 cm³/mol. The number of aromatic nitrogens is 1. The first kappa shape index (κ1) is 18.4. The van der Waals surface area contributed by atoms with Crippen molar-refractivity contribution < 1.29 is 5.11 Å². The lowest BCUT2D eigenvalue weighted by Gasteiger charge is -2.34. The van der Waals surface area contributed by atoms with Gasteiger partial charge in [-0.2, -0.15) is 0 Å². The van der Waals surface area contributed by atoms with Gasteiger partial charge < -0.3 is 5.11 Å². The molecule has 4 heteroatoms. The van der Waals surface area contributed by atoms with Crippen molar-refractivity contribution in [2.24, 2.45) is 5.92 Å². The van der Waals surface area contributed by atoms with E-state index in [1.807, 2.05) is 30.3 Å². The molecule has 0 spiro atoms. The van der Waals surface area contributed by atoms with E-state index in [1.54, 1.807) is 11.3 Å². The van der Waals surface area contributed by atoms with Gasteiger partial charge in [-0.05, 0) is 43.0 Å². The molecule has 1 atom stereocenters. The van der Waals surface area contributed by atoms with Crippen LogP contribution in [-0.2, 0) is 13.0 Å². The van der Waals surface area contributed by atoms with E-state index in [0.29, 0.717) is 5.92 Å². The average Bonchev–Trinajstić information content (AvgIpc) is 3.16. The molecule has 1 aromatic heterocycles. The maximum atomic E-state index is 10.6. The van der Waals surface area contributed by atoms with E-state index in [-0.39, 0.29) is 6.10 Å². The quantitative estimate of drug-likeness (QED) is 0.677. The average molecular weight is 379 g/mol. The Labute approximate surface area is 165 Å². The topological polar surface area (TPSA) is 36.4 Å². The minimum absolute atomic E-state index is 0.343. The third-order valence-electron chi connectivity index (χ3n) is 5.40. The summed E-state index contributed by atoms with van der Waals surface area (Å²) in [5.74, 6) is 0.354. The third-order valence-corrected chi connectivity index (χ3v) is 6.30. The highest BCUT2D eigenvalue weighted by atomic mass is 32.1. The summed E-state index contributed by atoms with van der Waals surface area (Å²) in [5, 5.41) is 14.0. The van der Waals surface area contributed by atoms with E-state index in [0.717, 1.165) is 44.5 Å². The van der Waals surface area contributed by atoms with E-state index in [1.165, 1.54) is 16.3 Å². The Morgan fingerprint density at radius 1 is 1.00 bits per heavy atom. The van der Waals surface area contributed by atoms with Gasteiger partial charge in [0.05, 0.1) is 16.8 Å². The van der Waals surface area contributed by atoms with Gasteiger partial charge in [0.15, 0.2) is 0 Å². The minimum atomic E-state index is -0.343. The van der Waals surface area contributed by atoms with Crippen LogP contribution in [0.25, 0.3) is 0 Å². The molecular weight excluding hydrogens is 352 g/mol. The molecule has 0 aliphatic carbocycles. The molecule has 1 fully saturated rings. The van der Waals surface area contributed by atoms with E-state index in [4.69, 9.17) is 4.98 Å². The van der Waals surface area contributed by atoms with Gasteiger partial charge in [0.1, 0.15) is 0 Å². The van der Waals surface area contributed by atoms with Crippen LogP contribution in [0, 0.1) is 5.92 Å².